The number of rotatable bonds is 5. The molecule has 6 heteroatoms. The smallest absolute Gasteiger partial charge is 0.337 e. The van der Waals surface area contributed by atoms with Crippen molar-refractivity contribution in [3.05, 3.63) is 51.7 Å². The summed E-state index contributed by atoms with van der Waals surface area (Å²) in [5, 5.41) is 9.08. The van der Waals surface area contributed by atoms with Gasteiger partial charge in [0.1, 0.15) is 0 Å². The average molecular weight is 310 g/mol. The standard InChI is InChI=1S/C14H14O4S2/c1-2-10-7-8-11(19-10)9-20(17,18)13-6-4-3-5-12(13)14(15)16/h3-8H,2,9H2,1H3,(H,15,16). The summed E-state index contributed by atoms with van der Waals surface area (Å²) in [7, 11) is -3.65. The summed E-state index contributed by atoms with van der Waals surface area (Å²) in [6, 6.07) is 9.38. The van der Waals surface area contributed by atoms with Gasteiger partial charge in [-0.1, -0.05) is 19.1 Å². The van der Waals surface area contributed by atoms with Gasteiger partial charge in [0.2, 0.25) is 0 Å². The first-order valence-corrected chi connectivity index (χ1v) is 8.53. The molecule has 0 fully saturated rings. The van der Waals surface area contributed by atoms with Gasteiger partial charge in [-0.15, -0.1) is 11.3 Å². The largest absolute Gasteiger partial charge is 0.478 e. The summed E-state index contributed by atoms with van der Waals surface area (Å²) >= 11 is 1.44. The Morgan fingerprint density at radius 1 is 1.15 bits per heavy atom. The zero-order chi connectivity index (χ0) is 14.8. The van der Waals surface area contributed by atoms with Crippen LogP contribution in [0.5, 0.6) is 0 Å². The Kier molecular flexibility index (Phi) is 4.25. The first-order chi connectivity index (χ1) is 9.44. The third-order valence-electron chi connectivity index (χ3n) is 2.85. The van der Waals surface area contributed by atoms with E-state index in [2.05, 4.69) is 0 Å². The summed E-state index contributed by atoms with van der Waals surface area (Å²) in [6.07, 6.45) is 0.858. The number of aryl methyl sites for hydroxylation is 1. The van der Waals surface area contributed by atoms with Gasteiger partial charge in [-0.3, -0.25) is 0 Å². The van der Waals surface area contributed by atoms with Crippen molar-refractivity contribution in [1.82, 2.24) is 0 Å². The summed E-state index contributed by atoms with van der Waals surface area (Å²) < 4.78 is 24.7. The zero-order valence-corrected chi connectivity index (χ0v) is 12.5. The molecule has 2 rings (SSSR count). The second-order valence-corrected chi connectivity index (χ2v) is 7.49. The SMILES string of the molecule is CCc1ccc(CS(=O)(=O)c2ccccc2C(=O)O)s1. The lowest BCUT2D eigenvalue weighted by Crippen LogP contribution is -2.10. The highest BCUT2D eigenvalue weighted by Gasteiger charge is 2.22. The van der Waals surface area contributed by atoms with Gasteiger partial charge in [0.15, 0.2) is 9.84 Å². The molecule has 106 valence electrons. The fourth-order valence-corrected chi connectivity index (χ4v) is 4.73. The van der Waals surface area contributed by atoms with E-state index in [4.69, 9.17) is 5.11 Å². The molecule has 0 atom stereocenters. The third-order valence-corrected chi connectivity index (χ3v) is 5.98. The van der Waals surface area contributed by atoms with Gasteiger partial charge in [-0.25, -0.2) is 13.2 Å². The lowest BCUT2D eigenvalue weighted by atomic mass is 10.2. The van der Waals surface area contributed by atoms with Crippen LogP contribution >= 0.6 is 11.3 Å². The monoisotopic (exact) mass is 310 g/mol. The minimum atomic E-state index is -3.65. The van der Waals surface area contributed by atoms with E-state index in [9.17, 15) is 13.2 Å². The van der Waals surface area contributed by atoms with Crippen LogP contribution < -0.4 is 0 Å². The maximum atomic E-state index is 12.4. The molecule has 0 aliphatic rings. The van der Waals surface area contributed by atoms with E-state index in [1.165, 1.54) is 35.6 Å². The lowest BCUT2D eigenvalue weighted by Gasteiger charge is -2.06. The van der Waals surface area contributed by atoms with Crippen molar-refractivity contribution in [3.63, 3.8) is 0 Å². The molecule has 0 saturated heterocycles. The quantitative estimate of drug-likeness (QED) is 0.921. The zero-order valence-electron chi connectivity index (χ0n) is 10.9. The number of carboxylic acids is 1. The normalized spacial score (nSPS) is 11.4. The predicted octanol–water partition coefficient (Wildman–Crippen LogP) is 2.98. The Bertz CT molecular complexity index is 729. The fraction of sp³-hybridized carbons (Fsp3) is 0.214. The Labute approximate surface area is 121 Å². The second kappa shape index (κ2) is 5.76. The molecule has 0 aliphatic carbocycles. The molecule has 2 aromatic rings. The van der Waals surface area contributed by atoms with Gasteiger partial charge < -0.3 is 5.11 Å². The minimum absolute atomic E-state index is 0.126. The lowest BCUT2D eigenvalue weighted by molar-refractivity contribution is 0.0692. The molecule has 1 aromatic carbocycles. The fourth-order valence-electron chi connectivity index (χ4n) is 1.87. The van der Waals surface area contributed by atoms with Crippen molar-refractivity contribution in [1.29, 1.82) is 0 Å². The molecule has 1 aromatic heterocycles. The van der Waals surface area contributed by atoms with Crippen molar-refractivity contribution < 1.29 is 18.3 Å². The third kappa shape index (κ3) is 3.08. The molecule has 0 spiro atoms. The number of sulfone groups is 1. The number of hydrogen-bond donors (Lipinski definition) is 1. The van der Waals surface area contributed by atoms with E-state index >= 15 is 0 Å². The van der Waals surface area contributed by atoms with Crippen LogP contribution in [0.2, 0.25) is 0 Å². The first kappa shape index (κ1) is 14.7. The van der Waals surface area contributed by atoms with E-state index in [-0.39, 0.29) is 16.2 Å². The van der Waals surface area contributed by atoms with Crippen LogP contribution in [0.15, 0.2) is 41.3 Å². The number of hydrogen-bond acceptors (Lipinski definition) is 4. The highest BCUT2D eigenvalue weighted by Crippen LogP contribution is 2.25. The van der Waals surface area contributed by atoms with Gasteiger partial charge in [0, 0.05) is 9.75 Å². The summed E-state index contributed by atoms with van der Waals surface area (Å²) in [5.74, 6) is -1.40. The molecule has 1 heterocycles. The van der Waals surface area contributed by atoms with Crippen LogP contribution in [-0.4, -0.2) is 19.5 Å². The number of thiophene rings is 1. The van der Waals surface area contributed by atoms with Gasteiger partial charge in [-0.2, -0.15) is 0 Å². The Balaban J connectivity index is 2.38. The van der Waals surface area contributed by atoms with Crippen molar-refractivity contribution >= 4 is 27.1 Å². The van der Waals surface area contributed by atoms with Gasteiger partial charge in [0.25, 0.3) is 0 Å². The molecule has 0 bridgehead atoms. The van der Waals surface area contributed by atoms with E-state index in [1.54, 1.807) is 6.07 Å². The maximum Gasteiger partial charge on any atom is 0.337 e. The first-order valence-electron chi connectivity index (χ1n) is 6.06. The molecule has 0 aliphatic heterocycles. The van der Waals surface area contributed by atoms with Crippen LogP contribution in [0.25, 0.3) is 0 Å². The molecule has 4 nitrogen and oxygen atoms in total. The van der Waals surface area contributed by atoms with Gasteiger partial charge >= 0.3 is 5.97 Å². The molecule has 0 amide bonds. The molecule has 0 saturated carbocycles. The van der Waals surface area contributed by atoms with E-state index < -0.39 is 15.8 Å². The van der Waals surface area contributed by atoms with Gasteiger partial charge in [0.05, 0.1) is 16.2 Å². The summed E-state index contributed by atoms with van der Waals surface area (Å²) in [4.78, 5) is 12.8. The number of aromatic carboxylic acids is 1. The van der Waals surface area contributed by atoms with E-state index in [0.717, 1.165) is 16.2 Å². The van der Waals surface area contributed by atoms with Crippen molar-refractivity contribution in [3.8, 4) is 0 Å². The topological polar surface area (TPSA) is 71.4 Å². The van der Waals surface area contributed by atoms with E-state index in [0.29, 0.717) is 0 Å². The molecule has 1 N–H and O–H groups in total. The predicted molar refractivity (Wildman–Crippen MR) is 78.0 cm³/mol. The Hall–Kier alpha value is -1.66. The molecule has 20 heavy (non-hydrogen) atoms. The van der Waals surface area contributed by atoms with Crippen molar-refractivity contribution in [2.24, 2.45) is 0 Å². The molecular weight excluding hydrogens is 296 g/mol. The van der Waals surface area contributed by atoms with E-state index in [1.807, 2.05) is 13.0 Å². The average Bonchev–Trinajstić information content (AvgIpc) is 2.85. The summed E-state index contributed by atoms with van der Waals surface area (Å²) in [6.45, 7) is 2.00. The number of carboxylic acid groups (broad SMARTS) is 1. The molecule has 0 unspecified atom stereocenters. The number of carbonyl (C=O) groups is 1. The molecule has 0 radical (unpaired) electrons. The summed E-state index contributed by atoms with van der Waals surface area (Å²) in [5.41, 5.74) is -0.181. The van der Waals surface area contributed by atoms with Gasteiger partial charge in [-0.05, 0) is 30.7 Å². The minimum Gasteiger partial charge on any atom is -0.478 e. The highest BCUT2D eigenvalue weighted by atomic mass is 32.2. The number of benzene rings is 1. The Morgan fingerprint density at radius 2 is 1.80 bits per heavy atom. The van der Waals surface area contributed by atoms with Crippen LogP contribution in [0.3, 0.4) is 0 Å². The Morgan fingerprint density at radius 3 is 2.40 bits per heavy atom. The second-order valence-electron chi connectivity index (χ2n) is 4.28. The van der Waals surface area contributed by atoms with Crippen LogP contribution in [0.4, 0.5) is 0 Å². The van der Waals surface area contributed by atoms with Crippen molar-refractivity contribution in [2.75, 3.05) is 0 Å². The molecular formula is C14H14O4S2. The van der Waals surface area contributed by atoms with Crippen molar-refractivity contribution in [2.45, 2.75) is 24.0 Å². The van der Waals surface area contributed by atoms with Crippen LogP contribution in [0, 0.1) is 0 Å². The van der Waals surface area contributed by atoms with Crippen LogP contribution in [-0.2, 0) is 22.0 Å². The maximum absolute atomic E-state index is 12.4. The highest BCUT2D eigenvalue weighted by molar-refractivity contribution is 7.90. The van der Waals surface area contributed by atoms with Crippen LogP contribution in [0.1, 0.15) is 27.0 Å².